The number of hydrogen-bond acceptors (Lipinski definition) is 2. The van der Waals surface area contributed by atoms with Crippen LogP contribution in [0.4, 0.5) is 13.2 Å². The fourth-order valence-corrected chi connectivity index (χ4v) is 4.83. The Kier molecular flexibility index (Phi) is 7.60. The van der Waals surface area contributed by atoms with E-state index in [2.05, 4.69) is 4.90 Å². The summed E-state index contributed by atoms with van der Waals surface area (Å²) in [6, 6.07) is 5.65. The molecule has 1 saturated carbocycles. The number of piperidine rings is 1. The first-order valence-electron chi connectivity index (χ1n) is 11.0. The lowest BCUT2D eigenvalue weighted by molar-refractivity contribution is -0.138. The smallest absolute Gasteiger partial charge is 0.345 e. The molecule has 0 N–H and O–H groups in total. The highest BCUT2D eigenvalue weighted by Gasteiger charge is 2.30. The van der Waals surface area contributed by atoms with Crippen LogP contribution in [0.25, 0.3) is 0 Å². The zero-order valence-electron chi connectivity index (χ0n) is 17.4. The molecule has 29 heavy (non-hydrogen) atoms. The summed E-state index contributed by atoms with van der Waals surface area (Å²) in [6.45, 7) is 3.45. The molecule has 1 aromatic rings. The van der Waals surface area contributed by atoms with Gasteiger partial charge < -0.3 is 9.80 Å². The van der Waals surface area contributed by atoms with Gasteiger partial charge in [0.2, 0.25) is 5.91 Å². The fraction of sp³-hybridized carbons (Fsp3) is 0.696. The molecule has 2 aliphatic rings. The van der Waals surface area contributed by atoms with E-state index in [1.165, 1.54) is 18.6 Å². The largest absolute Gasteiger partial charge is 0.416 e. The average Bonchev–Trinajstić information content (AvgIpc) is 2.72. The number of carbonyl (C=O) groups is 1. The third kappa shape index (κ3) is 6.46. The minimum Gasteiger partial charge on any atom is -0.345 e. The zero-order chi connectivity index (χ0) is 20.9. The lowest BCUT2D eigenvalue weighted by Gasteiger charge is -2.36. The van der Waals surface area contributed by atoms with Crippen molar-refractivity contribution in [1.29, 1.82) is 0 Å². The van der Waals surface area contributed by atoms with Gasteiger partial charge in [-0.15, -0.1) is 0 Å². The Balaban J connectivity index is 1.47. The van der Waals surface area contributed by atoms with Gasteiger partial charge in [-0.2, -0.15) is 13.2 Å². The molecular formula is C23H33F3N2O. The first-order chi connectivity index (χ1) is 13.8. The van der Waals surface area contributed by atoms with E-state index in [1.54, 1.807) is 6.07 Å². The first-order valence-corrected chi connectivity index (χ1v) is 11.0. The van der Waals surface area contributed by atoms with E-state index in [-0.39, 0.29) is 5.92 Å². The van der Waals surface area contributed by atoms with Crippen molar-refractivity contribution < 1.29 is 18.0 Å². The molecule has 3 nitrogen and oxygen atoms in total. The van der Waals surface area contributed by atoms with Crippen molar-refractivity contribution in [2.45, 2.75) is 57.5 Å². The number of alkyl halides is 3. The van der Waals surface area contributed by atoms with Gasteiger partial charge in [-0.05, 0) is 56.2 Å². The number of halogens is 3. The van der Waals surface area contributed by atoms with Gasteiger partial charge >= 0.3 is 6.18 Å². The minimum atomic E-state index is -4.29. The van der Waals surface area contributed by atoms with Gasteiger partial charge in [0, 0.05) is 32.6 Å². The fourth-order valence-electron chi connectivity index (χ4n) is 4.83. The molecule has 0 bridgehead atoms. The number of rotatable bonds is 6. The van der Waals surface area contributed by atoms with Crippen molar-refractivity contribution in [3.8, 4) is 0 Å². The topological polar surface area (TPSA) is 23.6 Å². The van der Waals surface area contributed by atoms with Crippen LogP contribution in [-0.2, 0) is 17.4 Å². The van der Waals surface area contributed by atoms with Crippen LogP contribution in [0.3, 0.4) is 0 Å². The summed E-state index contributed by atoms with van der Waals surface area (Å²) in [5.74, 6) is 0.947. The lowest BCUT2D eigenvalue weighted by atomic mass is 9.88. The highest BCUT2D eigenvalue weighted by atomic mass is 19.4. The predicted octanol–water partition coefficient (Wildman–Crippen LogP) is 5.00. The Hall–Kier alpha value is -1.56. The Morgan fingerprint density at radius 2 is 1.90 bits per heavy atom. The molecule has 162 valence electrons. The van der Waals surface area contributed by atoms with E-state index in [0.29, 0.717) is 18.2 Å². The number of carbonyl (C=O) groups excluding carboxylic acids is 1. The molecule has 1 aromatic carbocycles. The molecular weight excluding hydrogens is 377 g/mol. The molecule has 0 aromatic heterocycles. The van der Waals surface area contributed by atoms with Crippen LogP contribution in [0.5, 0.6) is 0 Å². The summed E-state index contributed by atoms with van der Waals surface area (Å²) < 4.78 is 38.7. The highest BCUT2D eigenvalue weighted by Crippen LogP contribution is 2.30. The monoisotopic (exact) mass is 410 g/mol. The van der Waals surface area contributed by atoms with Crippen molar-refractivity contribution in [1.82, 2.24) is 9.80 Å². The quantitative estimate of drug-likeness (QED) is 0.659. The van der Waals surface area contributed by atoms with Crippen molar-refractivity contribution >= 4 is 5.91 Å². The van der Waals surface area contributed by atoms with Crippen LogP contribution in [0.15, 0.2) is 24.3 Å². The van der Waals surface area contributed by atoms with Crippen LogP contribution < -0.4 is 0 Å². The summed E-state index contributed by atoms with van der Waals surface area (Å²) in [6.07, 6.45) is 4.15. The maximum Gasteiger partial charge on any atom is 0.416 e. The number of nitrogens with zero attached hydrogens (tertiary/aromatic N) is 2. The van der Waals surface area contributed by atoms with E-state index >= 15 is 0 Å². The van der Waals surface area contributed by atoms with Crippen molar-refractivity contribution in [2.24, 2.45) is 11.8 Å². The SMILES string of the molecule is CN(CC1CCCN(CCc2cccc(C(F)(F)F)c2)C1)C(=O)C1CCCCC1. The van der Waals surface area contributed by atoms with Crippen molar-refractivity contribution in [3.05, 3.63) is 35.4 Å². The first kappa shape index (κ1) is 22.1. The van der Waals surface area contributed by atoms with Crippen LogP contribution in [0.1, 0.15) is 56.1 Å². The summed E-state index contributed by atoms with van der Waals surface area (Å²) >= 11 is 0. The Labute approximate surface area is 172 Å². The van der Waals surface area contributed by atoms with E-state index in [9.17, 15) is 18.0 Å². The average molecular weight is 411 g/mol. The van der Waals surface area contributed by atoms with Gasteiger partial charge in [0.15, 0.2) is 0 Å². The number of amides is 1. The molecule has 1 aliphatic heterocycles. The second-order valence-corrected chi connectivity index (χ2v) is 8.81. The summed E-state index contributed by atoms with van der Waals surface area (Å²) in [4.78, 5) is 17.0. The maximum absolute atomic E-state index is 12.9. The van der Waals surface area contributed by atoms with Gasteiger partial charge in [0.05, 0.1) is 5.56 Å². The minimum absolute atomic E-state index is 0.203. The summed E-state index contributed by atoms with van der Waals surface area (Å²) in [5, 5.41) is 0. The number of hydrogen-bond donors (Lipinski definition) is 0. The molecule has 1 heterocycles. The molecule has 1 saturated heterocycles. The van der Waals surface area contributed by atoms with E-state index in [4.69, 9.17) is 0 Å². The molecule has 1 atom stereocenters. The van der Waals surface area contributed by atoms with Gasteiger partial charge in [-0.1, -0.05) is 37.5 Å². The molecule has 1 amide bonds. The number of likely N-dealkylation sites (tertiary alicyclic amines) is 1. The van der Waals surface area contributed by atoms with Gasteiger partial charge in [-0.25, -0.2) is 0 Å². The molecule has 2 fully saturated rings. The Bertz CT molecular complexity index is 670. The van der Waals surface area contributed by atoms with Crippen molar-refractivity contribution in [2.75, 3.05) is 33.2 Å². The third-order valence-electron chi connectivity index (χ3n) is 6.44. The van der Waals surface area contributed by atoms with Crippen LogP contribution >= 0.6 is 0 Å². The number of benzene rings is 1. The zero-order valence-corrected chi connectivity index (χ0v) is 17.4. The van der Waals surface area contributed by atoms with Gasteiger partial charge in [0.1, 0.15) is 0 Å². The standard InChI is InChI=1S/C23H33F3N2O/c1-27(22(29)20-9-3-2-4-10-20)16-19-8-6-13-28(17-19)14-12-18-7-5-11-21(15-18)23(24,25)26/h5,7,11,15,19-20H,2-4,6,8-10,12-14,16-17H2,1H3. The highest BCUT2D eigenvalue weighted by molar-refractivity contribution is 5.78. The molecule has 3 rings (SSSR count). The van der Waals surface area contributed by atoms with Crippen molar-refractivity contribution in [3.63, 3.8) is 0 Å². The van der Waals surface area contributed by atoms with Crippen LogP contribution in [0.2, 0.25) is 0 Å². The lowest BCUT2D eigenvalue weighted by Crippen LogP contribution is -2.43. The second kappa shape index (κ2) is 9.96. The normalized spacial score (nSPS) is 21.9. The third-order valence-corrected chi connectivity index (χ3v) is 6.44. The van der Waals surface area contributed by atoms with Gasteiger partial charge in [0.25, 0.3) is 0 Å². The van der Waals surface area contributed by atoms with E-state index < -0.39 is 11.7 Å². The molecule has 1 unspecified atom stereocenters. The summed E-state index contributed by atoms with van der Waals surface area (Å²) in [5.41, 5.74) is 0.154. The molecule has 6 heteroatoms. The van der Waals surface area contributed by atoms with E-state index in [0.717, 1.165) is 76.3 Å². The van der Waals surface area contributed by atoms with Crippen LogP contribution in [-0.4, -0.2) is 48.9 Å². The Morgan fingerprint density at radius 3 is 2.62 bits per heavy atom. The van der Waals surface area contributed by atoms with Crippen LogP contribution in [0, 0.1) is 11.8 Å². The molecule has 0 spiro atoms. The van der Waals surface area contributed by atoms with Gasteiger partial charge in [-0.3, -0.25) is 4.79 Å². The summed E-state index contributed by atoms with van der Waals surface area (Å²) in [7, 11) is 1.93. The molecule has 0 radical (unpaired) electrons. The van der Waals surface area contributed by atoms with E-state index in [1.807, 2.05) is 11.9 Å². The molecule has 1 aliphatic carbocycles. The predicted molar refractivity (Wildman–Crippen MR) is 109 cm³/mol. The maximum atomic E-state index is 12.9. The Morgan fingerprint density at radius 1 is 1.14 bits per heavy atom. The second-order valence-electron chi connectivity index (χ2n) is 8.81.